The zero-order valence-corrected chi connectivity index (χ0v) is 13.6. The smallest absolute Gasteiger partial charge is 0.230 e. The molecule has 2 aliphatic carbocycles. The van der Waals surface area contributed by atoms with Crippen LogP contribution in [0, 0.1) is 12.8 Å². The molecule has 22 heavy (non-hydrogen) atoms. The zero-order chi connectivity index (χ0) is 15.6. The molecule has 0 aromatic heterocycles. The van der Waals surface area contributed by atoms with Crippen molar-refractivity contribution in [3.05, 3.63) is 35.4 Å². The molecule has 1 amide bonds. The maximum absolute atomic E-state index is 13.0. The van der Waals surface area contributed by atoms with Crippen molar-refractivity contribution in [2.45, 2.75) is 63.3 Å². The van der Waals surface area contributed by atoms with E-state index in [-0.39, 0.29) is 17.4 Å². The van der Waals surface area contributed by atoms with E-state index in [1.807, 2.05) is 0 Å². The first-order valence-corrected chi connectivity index (χ1v) is 8.73. The fraction of sp³-hybridized carbons (Fsp3) is 0.632. The topological polar surface area (TPSA) is 55.1 Å². The average Bonchev–Trinajstić information content (AvgIpc) is 3.38. The predicted molar refractivity (Wildman–Crippen MR) is 89.7 cm³/mol. The number of carbonyl (C=O) groups is 1. The Bertz CT molecular complexity index is 530. The first-order valence-electron chi connectivity index (χ1n) is 8.73. The van der Waals surface area contributed by atoms with Gasteiger partial charge in [0.15, 0.2) is 0 Å². The minimum absolute atomic E-state index is 0.127. The summed E-state index contributed by atoms with van der Waals surface area (Å²) in [5, 5.41) is 3.17. The van der Waals surface area contributed by atoms with Crippen LogP contribution in [-0.2, 0) is 10.2 Å². The highest BCUT2D eigenvalue weighted by atomic mass is 16.2. The average molecular weight is 300 g/mol. The van der Waals surface area contributed by atoms with Crippen LogP contribution in [0.15, 0.2) is 24.3 Å². The second kappa shape index (κ2) is 6.41. The van der Waals surface area contributed by atoms with Crippen molar-refractivity contribution >= 4 is 5.91 Å². The van der Waals surface area contributed by atoms with Crippen molar-refractivity contribution in [1.29, 1.82) is 0 Å². The van der Waals surface area contributed by atoms with E-state index in [1.54, 1.807) is 0 Å². The van der Waals surface area contributed by atoms with Gasteiger partial charge in [0.05, 0.1) is 5.41 Å². The van der Waals surface area contributed by atoms with Crippen molar-refractivity contribution in [2.75, 3.05) is 6.54 Å². The molecule has 2 saturated carbocycles. The third kappa shape index (κ3) is 3.19. The lowest BCUT2D eigenvalue weighted by molar-refractivity contribution is -0.128. The molecule has 1 atom stereocenters. The van der Waals surface area contributed by atoms with E-state index in [2.05, 4.69) is 36.5 Å². The highest BCUT2D eigenvalue weighted by Gasteiger charge is 2.41. The molecule has 3 heteroatoms. The molecule has 0 saturated heterocycles. The van der Waals surface area contributed by atoms with Crippen LogP contribution in [0.4, 0.5) is 0 Å². The van der Waals surface area contributed by atoms with Crippen LogP contribution in [0.25, 0.3) is 0 Å². The lowest BCUT2D eigenvalue weighted by atomic mass is 9.68. The van der Waals surface area contributed by atoms with Gasteiger partial charge in [-0.2, -0.15) is 0 Å². The number of hydrogen-bond acceptors (Lipinski definition) is 2. The number of rotatable bonds is 5. The molecule has 0 radical (unpaired) electrons. The van der Waals surface area contributed by atoms with Crippen LogP contribution in [0.5, 0.6) is 0 Å². The number of aryl methyl sites for hydroxylation is 1. The number of nitrogens with one attached hydrogen (secondary N) is 1. The monoisotopic (exact) mass is 300 g/mol. The molecule has 1 unspecified atom stereocenters. The molecule has 0 heterocycles. The SMILES string of the molecule is Cc1cccc(C2(C(=O)NCC(N)C3CC3)CCCCC2)c1. The van der Waals surface area contributed by atoms with Gasteiger partial charge in [-0.05, 0) is 44.1 Å². The number of amides is 1. The molecule has 1 aromatic rings. The van der Waals surface area contributed by atoms with Crippen molar-refractivity contribution in [2.24, 2.45) is 11.7 Å². The number of hydrogen-bond donors (Lipinski definition) is 2. The van der Waals surface area contributed by atoms with Gasteiger partial charge in [-0.3, -0.25) is 4.79 Å². The number of nitrogens with two attached hydrogens (primary N) is 1. The minimum atomic E-state index is -0.340. The van der Waals surface area contributed by atoms with E-state index in [1.165, 1.54) is 30.4 Å². The van der Waals surface area contributed by atoms with E-state index in [0.29, 0.717) is 12.5 Å². The summed E-state index contributed by atoms with van der Waals surface area (Å²) in [6.07, 6.45) is 7.87. The van der Waals surface area contributed by atoms with E-state index >= 15 is 0 Å². The molecule has 0 aliphatic heterocycles. The molecule has 3 rings (SSSR count). The zero-order valence-electron chi connectivity index (χ0n) is 13.6. The minimum Gasteiger partial charge on any atom is -0.354 e. The summed E-state index contributed by atoms with van der Waals surface area (Å²) >= 11 is 0. The Morgan fingerprint density at radius 2 is 2.05 bits per heavy atom. The number of benzene rings is 1. The molecular formula is C19H28N2O. The van der Waals surface area contributed by atoms with Gasteiger partial charge in [-0.1, -0.05) is 49.1 Å². The quantitative estimate of drug-likeness (QED) is 0.878. The molecule has 3 nitrogen and oxygen atoms in total. The second-order valence-corrected chi connectivity index (χ2v) is 7.22. The van der Waals surface area contributed by atoms with Crippen LogP contribution < -0.4 is 11.1 Å². The summed E-state index contributed by atoms with van der Waals surface area (Å²) in [4.78, 5) is 13.0. The summed E-state index contributed by atoms with van der Waals surface area (Å²) in [6, 6.07) is 8.61. The van der Waals surface area contributed by atoms with E-state index in [4.69, 9.17) is 5.73 Å². The number of carbonyl (C=O) groups excluding carboxylic acids is 1. The van der Waals surface area contributed by atoms with Crippen molar-refractivity contribution in [1.82, 2.24) is 5.32 Å². The Morgan fingerprint density at radius 1 is 1.32 bits per heavy atom. The van der Waals surface area contributed by atoms with Crippen LogP contribution in [0.3, 0.4) is 0 Å². The molecule has 2 fully saturated rings. The standard InChI is InChI=1S/C19H28N2O/c1-14-6-5-7-16(12-14)19(10-3-2-4-11-19)18(22)21-13-17(20)15-8-9-15/h5-7,12,15,17H,2-4,8-11,13,20H2,1H3,(H,21,22). The molecule has 120 valence electrons. The predicted octanol–water partition coefficient (Wildman–Crippen LogP) is 3.05. The van der Waals surface area contributed by atoms with Crippen molar-refractivity contribution in [3.8, 4) is 0 Å². The summed E-state index contributed by atoms with van der Waals surface area (Å²) in [7, 11) is 0. The normalized spacial score (nSPS) is 22.1. The van der Waals surface area contributed by atoms with Crippen LogP contribution in [0.1, 0.15) is 56.1 Å². The molecule has 3 N–H and O–H groups in total. The lowest BCUT2D eigenvalue weighted by Crippen LogP contribution is -2.49. The van der Waals surface area contributed by atoms with Gasteiger partial charge in [-0.25, -0.2) is 0 Å². The first-order chi connectivity index (χ1) is 10.6. The van der Waals surface area contributed by atoms with Gasteiger partial charge in [0, 0.05) is 12.6 Å². The van der Waals surface area contributed by atoms with Crippen LogP contribution in [0.2, 0.25) is 0 Å². The van der Waals surface area contributed by atoms with Crippen molar-refractivity contribution < 1.29 is 4.79 Å². The Balaban J connectivity index is 1.77. The van der Waals surface area contributed by atoms with Gasteiger partial charge in [0.2, 0.25) is 5.91 Å². The maximum Gasteiger partial charge on any atom is 0.230 e. The lowest BCUT2D eigenvalue weighted by Gasteiger charge is -2.37. The third-order valence-corrected chi connectivity index (χ3v) is 5.44. The summed E-state index contributed by atoms with van der Waals surface area (Å²) in [5.74, 6) is 0.815. The molecular weight excluding hydrogens is 272 g/mol. The molecule has 1 aromatic carbocycles. The maximum atomic E-state index is 13.0. The largest absolute Gasteiger partial charge is 0.354 e. The van der Waals surface area contributed by atoms with Crippen LogP contribution in [-0.4, -0.2) is 18.5 Å². The Morgan fingerprint density at radius 3 is 2.68 bits per heavy atom. The van der Waals surface area contributed by atoms with E-state index in [9.17, 15) is 4.79 Å². The Hall–Kier alpha value is -1.35. The highest BCUT2D eigenvalue weighted by molar-refractivity contribution is 5.88. The van der Waals surface area contributed by atoms with Crippen LogP contribution >= 0.6 is 0 Å². The highest BCUT2D eigenvalue weighted by Crippen LogP contribution is 2.40. The van der Waals surface area contributed by atoms with Gasteiger partial charge in [0.25, 0.3) is 0 Å². The van der Waals surface area contributed by atoms with Gasteiger partial charge < -0.3 is 11.1 Å². The fourth-order valence-electron chi connectivity index (χ4n) is 3.82. The summed E-state index contributed by atoms with van der Waals surface area (Å²) < 4.78 is 0. The Kier molecular flexibility index (Phi) is 4.53. The molecule has 2 aliphatic rings. The summed E-state index contributed by atoms with van der Waals surface area (Å²) in [5.41, 5.74) is 8.22. The fourth-order valence-corrected chi connectivity index (χ4v) is 3.82. The molecule has 0 bridgehead atoms. The van der Waals surface area contributed by atoms with Gasteiger partial charge in [-0.15, -0.1) is 0 Å². The van der Waals surface area contributed by atoms with E-state index in [0.717, 1.165) is 25.7 Å². The molecule has 0 spiro atoms. The third-order valence-electron chi connectivity index (χ3n) is 5.44. The first kappa shape index (κ1) is 15.5. The van der Waals surface area contributed by atoms with Gasteiger partial charge >= 0.3 is 0 Å². The van der Waals surface area contributed by atoms with Gasteiger partial charge in [0.1, 0.15) is 0 Å². The summed E-state index contributed by atoms with van der Waals surface area (Å²) in [6.45, 7) is 2.72. The van der Waals surface area contributed by atoms with E-state index < -0.39 is 0 Å². The second-order valence-electron chi connectivity index (χ2n) is 7.22. The van der Waals surface area contributed by atoms with Crippen molar-refractivity contribution in [3.63, 3.8) is 0 Å². The Labute approximate surface area is 133 Å².